The lowest BCUT2D eigenvalue weighted by Crippen LogP contribution is -2.13. The highest BCUT2D eigenvalue weighted by atomic mass is 79.9. The van der Waals surface area contributed by atoms with Gasteiger partial charge in [-0.05, 0) is 48.9 Å². The van der Waals surface area contributed by atoms with Gasteiger partial charge in [-0.1, -0.05) is 48.5 Å². The highest BCUT2D eigenvalue weighted by Gasteiger charge is 2.14. The number of hydrogen-bond donors (Lipinski definition) is 0. The van der Waals surface area contributed by atoms with Crippen LogP contribution < -0.4 is 9.54 Å². The molecule has 4 rings (SSSR count). The quantitative estimate of drug-likeness (QED) is 0.355. The van der Waals surface area contributed by atoms with Crippen molar-refractivity contribution >= 4 is 34.0 Å². The van der Waals surface area contributed by atoms with Crippen LogP contribution in [0.1, 0.15) is 4.88 Å². The lowest BCUT2D eigenvalue weighted by molar-refractivity contribution is 0.415. The molecular weight excluding hydrogens is 432 g/mol. The first-order valence-corrected chi connectivity index (χ1v) is 9.60. The van der Waals surface area contributed by atoms with Crippen molar-refractivity contribution in [1.29, 1.82) is 0 Å². The van der Waals surface area contributed by atoms with Crippen molar-refractivity contribution in [3.63, 3.8) is 0 Å². The standard InChI is InChI=1S/C23H20N2OS.BrH/c1-17-22(18-9-5-3-6-10-18)25(20-11-7-4-8-12-20)23(27-17)24-19-13-15-21(26-2)16-14-19;/h3-16H,1-2H3;1H. The average molecular weight is 453 g/mol. The summed E-state index contributed by atoms with van der Waals surface area (Å²) in [7, 11) is 1.67. The SMILES string of the molecule is Br.COc1ccc(N=c2sc(C)c(-c3ccccc3)n2-c2ccccc2)cc1. The number of para-hydroxylation sites is 1. The summed E-state index contributed by atoms with van der Waals surface area (Å²) in [6.07, 6.45) is 0. The molecule has 1 heterocycles. The van der Waals surface area contributed by atoms with Gasteiger partial charge in [0.1, 0.15) is 5.75 Å². The van der Waals surface area contributed by atoms with Crippen LogP contribution in [0.5, 0.6) is 5.75 Å². The molecule has 0 aliphatic heterocycles. The van der Waals surface area contributed by atoms with Gasteiger partial charge in [0.05, 0.1) is 18.5 Å². The Morgan fingerprint density at radius 2 is 1.43 bits per heavy atom. The van der Waals surface area contributed by atoms with Gasteiger partial charge >= 0.3 is 0 Å². The van der Waals surface area contributed by atoms with Gasteiger partial charge in [-0.15, -0.1) is 28.3 Å². The highest BCUT2D eigenvalue weighted by Crippen LogP contribution is 2.28. The third kappa shape index (κ3) is 4.11. The van der Waals surface area contributed by atoms with E-state index in [9.17, 15) is 0 Å². The smallest absolute Gasteiger partial charge is 0.195 e. The van der Waals surface area contributed by atoms with Crippen LogP contribution in [0.2, 0.25) is 0 Å². The van der Waals surface area contributed by atoms with Gasteiger partial charge in [0, 0.05) is 10.6 Å². The van der Waals surface area contributed by atoms with Crippen molar-refractivity contribution in [3.05, 3.63) is 94.6 Å². The van der Waals surface area contributed by atoms with Crippen LogP contribution in [0.25, 0.3) is 16.9 Å². The summed E-state index contributed by atoms with van der Waals surface area (Å²) < 4.78 is 7.48. The van der Waals surface area contributed by atoms with E-state index in [0.29, 0.717) is 0 Å². The maximum absolute atomic E-state index is 5.25. The summed E-state index contributed by atoms with van der Waals surface area (Å²) in [6, 6.07) is 28.7. The predicted octanol–water partition coefficient (Wildman–Crippen LogP) is 6.33. The van der Waals surface area contributed by atoms with Crippen LogP contribution in [0, 0.1) is 6.92 Å². The Balaban J connectivity index is 0.00000225. The first-order chi connectivity index (χ1) is 13.3. The largest absolute Gasteiger partial charge is 0.497 e. The van der Waals surface area contributed by atoms with E-state index >= 15 is 0 Å². The van der Waals surface area contributed by atoms with Crippen LogP contribution in [-0.4, -0.2) is 11.7 Å². The van der Waals surface area contributed by atoms with E-state index in [-0.39, 0.29) is 17.0 Å². The van der Waals surface area contributed by atoms with Crippen LogP contribution >= 0.6 is 28.3 Å². The fourth-order valence-electron chi connectivity index (χ4n) is 3.07. The minimum atomic E-state index is 0. The monoisotopic (exact) mass is 452 g/mol. The number of aromatic nitrogens is 1. The lowest BCUT2D eigenvalue weighted by atomic mass is 10.1. The molecule has 3 nitrogen and oxygen atoms in total. The van der Waals surface area contributed by atoms with Crippen LogP contribution in [0.4, 0.5) is 5.69 Å². The predicted molar refractivity (Wildman–Crippen MR) is 122 cm³/mol. The van der Waals surface area contributed by atoms with Gasteiger partial charge in [-0.2, -0.15) is 0 Å². The fraction of sp³-hybridized carbons (Fsp3) is 0.0870. The number of methoxy groups -OCH3 is 1. The number of nitrogens with zero attached hydrogens (tertiary/aromatic N) is 2. The number of thiazole rings is 1. The van der Waals surface area contributed by atoms with E-state index in [0.717, 1.165) is 21.9 Å². The molecule has 0 unspecified atom stereocenters. The zero-order valence-electron chi connectivity index (χ0n) is 15.7. The van der Waals surface area contributed by atoms with Crippen LogP contribution in [0.3, 0.4) is 0 Å². The molecule has 3 aromatic carbocycles. The van der Waals surface area contributed by atoms with Gasteiger partial charge in [-0.3, -0.25) is 4.57 Å². The van der Waals surface area contributed by atoms with Crippen molar-refractivity contribution in [2.45, 2.75) is 6.92 Å². The zero-order valence-corrected chi connectivity index (χ0v) is 18.2. The molecule has 0 N–H and O–H groups in total. The maximum atomic E-state index is 5.25. The molecule has 0 aliphatic carbocycles. The van der Waals surface area contributed by atoms with Gasteiger partial charge in [0.15, 0.2) is 4.80 Å². The second-order valence-corrected chi connectivity index (χ2v) is 7.32. The van der Waals surface area contributed by atoms with Gasteiger partial charge in [-0.25, -0.2) is 4.99 Å². The molecule has 0 saturated heterocycles. The second-order valence-electron chi connectivity index (χ2n) is 6.14. The normalized spacial score (nSPS) is 11.1. The van der Waals surface area contributed by atoms with E-state index in [4.69, 9.17) is 9.73 Å². The Hall–Kier alpha value is -2.63. The fourth-order valence-corrected chi connectivity index (χ4v) is 4.09. The Kier molecular flexibility index (Phi) is 6.49. The number of aryl methyl sites for hydroxylation is 1. The first kappa shape index (κ1) is 20.1. The molecule has 0 radical (unpaired) electrons. The molecule has 0 spiro atoms. The third-order valence-electron chi connectivity index (χ3n) is 4.35. The number of hydrogen-bond acceptors (Lipinski definition) is 3. The van der Waals surface area contributed by atoms with E-state index in [1.165, 1.54) is 16.1 Å². The maximum Gasteiger partial charge on any atom is 0.195 e. The van der Waals surface area contributed by atoms with Crippen LogP contribution in [-0.2, 0) is 0 Å². The molecule has 142 valence electrons. The van der Waals surface area contributed by atoms with Gasteiger partial charge in [0.25, 0.3) is 0 Å². The van der Waals surface area contributed by atoms with E-state index in [1.807, 2.05) is 36.4 Å². The highest BCUT2D eigenvalue weighted by molar-refractivity contribution is 8.93. The molecule has 28 heavy (non-hydrogen) atoms. The van der Waals surface area contributed by atoms with E-state index in [1.54, 1.807) is 18.4 Å². The van der Waals surface area contributed by atoms with Crippen molar-refractivity contribution < 1.29 is 4.74 Å². The molecule has 0 bridgehead atoms. The van der Waals surface area contributed by atoms with Crippen molar-refractivity contribution in [3.8, 4) is 22.7 Å². The van der Waals surface area contributed by atoms with Gasteiger partial charge < -0.3 is 4.74 Å². The molecule has 1 aromatic heterocycles. The molecule has 0 saturated carbocycles. The van der Waals surface area contributed by atoms with Crippen molar-refractivity contribution in [1.82, 2.24) is 4.57 Å². The summed E-state index contributed by atoms with van der Waals surface area (Å²) in [6.45, 7) is 2.15. The van der Waals surface area contributed by atoms with Crippen LogP contribution in [0.15, 0.2) is 89.9 Å². The molecule has 5 heteroatoms. The van der Waals surface area contributed by atoms with E-state index in [2.05, 4.69) is 60.0 Å². The van der Waals surface area contributed by atoms with Crippen molar-refractivity contribution in [2.24, 2.45) is 4.99 Å². The molecule has 0 fully saturated rings. The Morgan fingerprint density at radius 1 is 0.821 bits per heavy atom. The van der Waals surface area contributed by atoms with Gasteiger partial charge in [0.2, 0.25) is 0 Å². The molecular formula is C23H21BrN2OS. The molecule has 0 aliphatic rings. The lowest BCUT2D eigenvalue weighted by Gasteiger charge is -2.10. The second kappa shape index (κ2) is 9.04. The Morgan fingerprint density at radius 3 is 2.04 bits per heavy atom. The number of rotatable bonds is 4. The van der Waals surface area contributed by atoms with Crippen molar-refractivity contribution in [2.75, 3.05) is 7.11 Å². The topological polar surface area (TPSA) is 26.5 Å². The number of benzene rings is 3. The minimum absolute atomic E-state index is 0. The summed E-state index contributed by atoms with van der Waals surface area (Å²) >= 11 is 1.70. The Labute approximate surface area is 179 Å². The third-order valence-corrected chi connectivity index (χ3v) is 5.31. The first-order valence-electron chi connectivity index (χ1n) is 8.78. The molecule has 0 amide bonds. The summed E-state index contributed by atoms with van der Waals surface area (Å²) in [5.41, 5.74) is 4.37. The average Bonchev–Trinajstić information content (AvgIpc) is 3.05. The van der Waals surface area contributed by atoms with E-state index < -0.39 is 0 Å². The number of ether oxygens (including phenoxy) is 1. The summed E-state index contributed by atoms with van der Waals surface area (Å²) in [4.78, 5) is 7.11. The minimum Gasteiger partial charge on any atom is -0.497 e. The summed E-state index contributed by atoms with van der Waals surface area (Å²) in [5.74, 6) is 0.831. The zero-order chi connectivity index (χ0) is 18.6. The Bertz CT molecular complexity index is 1100. The molecule has 4 aromatic rings. The number of halogens is 1. The molecule has 0 atom stereocenters. The summed E-state index contributed by atoms with van der Waals surface area (Å²) in [5, 5.41) is 0.